The number of hydrogen-bond acceptors (Lipinski definition) is 6. The monoisotopic (exact) mass is 412 g/mol. The zero-order valence-corrected chi connectivity index (χ0v) is 17.1. The lowest BCUT2D eigenvalue weighted by Crippen LogP contribution is -2.10. The molecular formula is C20H16N2O2S3. The van der Waals surface area contributed by atoms with Crippen molar-refractivity contribution in [2.24, 2.45) is 0 Å². The fraction of sp³-hybridized carbons (Fsp3) is 0.100. The molecule has 7 heteroatoms. The third-order valence-electron chi connectivity index (χ3n) is 4.10. The molecular weight excluding hydrogens is 396 g/mol. The molecule has 0 saturated carbocycles. The zero-order valence-electron chi connectivity index (χ0n) is 14.7. The van der Waals surface area contributed by atoms with E-state index in [0.717, 1.165) is 31.5 Å². The lowest BCUT2D eigenvalue weighted by Gasteiger charge is -2.05. The summed E-state index contributed by atoms with van der Waals surface area (Å²) in [5, 5.41) is 4.68. The molecule has 0 unspecified atom stereocenters. The summed E-state index contributed by atoms with van der Waals surface area (Å²) < 4.78 is 5.20. The highest BCUT2D eigenvalue weighted by atomic mass is 32.2. The van der Waals surface area contributed by atoms with Gasteiger partial charge in [0, 0.05) is 15.8 Å². The van der Waals surface area contributed by atoms with Gasteiger partial charge in [-0.1, -0.05) is 18.2 Å². The number of thiophene rings is 2. The summed E-state index contributed by atoms with van der Waals surface area (Å²) in [6.45, 7) is 0. The van der Waals surface area contributed by atoms with Crippen LogP contribution >= 0.6 is 34.4 Å². The zero-order chi connectivity index (χ0) is 18.8. The van der Waals surface area contributed by atoms with Crippen LogP contribution in [0.5, 0.6) is 5.75 Å². The Kier molecular flexibility index (Phi) is 5.15. The minimum absolute atomic E-state index is 0.102. The van der Waals surface area contributed by atoms with E-state index in [4.69, 9.17) is 9.72 Å². The number of hydrogen-bond donors (Lipinski definition) is 1. The van der Waals surface area contributed by atoms with Crippen LogP contribution in [-0.2, 0) is 0 Å². The normalized spacial score (nSPS) is 11.9. The predicted molar refractivity (Wildman–Crippen MR) is 118 cm³/mol. The van der Waals surface area contributed by atoms with E-state index < -0.39 is 0 Å². The van der Waals surface area contributed by atoms with Crippen LogP contribution in [-0.4, -0.2) is 23.3 Å². The first-order chi connectivity index (χ1) is 13.2. The molecule has 0 aliphatic heterocycles. The Bertz CT molecular complexity index is 1160. The van der Waals surface area contributed by atoms with E-state index in [0.29, 0.717) is 11.2 Å². The second kappa shape index (κ2) is 7.72. The van der Waals surface area contributed by atoms with Gasteiger partial charge in [0.1, 0.15) is 16.4 Å². The Morgan fingerprint density at radius 2 is 2.04 bits per heavy atom. The molecule has 0 amide bonds. The fourth-order valence-corrected chi connectivity index (χ4v) is 5.06. The highest BCUT2D eigenvalue weighted by molar-refractivity contribution is 8.07. The van der Waals surface area contributed by atoms with Gasteiger partial charge in [0.05, 0.1) is 17.4 Å². The number of thioether (sulfide) groups is 1. The second-order valence-corrected chi connectivity index (χ2v) is 8.36. The summed E-state index contributed by atoms with van der Waals surface area (Å²) in [5.41, 5.74) is 1.87. The maximum absolute atomic E-state index is 12.8. The Labute approximate surface area is 168 Å². The van der Waals surface area contributed by atoms with Gasteiger partial charge in [0.2, 0.25) is 0 Å². The highest BCUT2D eigenvalue weighted by Crippen LogP contribution is 2.34. The van der Waals surface area contributed by atoms with E-state index in [2.05, 4.69) is 4.98 Å². The summed E-state index contributed by atoms with van der Waals surface area (Å²) in [6.07, 6.45) is 3.99. The molecule has 4 rings (SSSR count). The number of methoxy groups -OCH3 is 1. The molecule has 0 bridgehead atoms. The van der Waals surface area contributed by atoms with Crippen molar-refractivity contribution in [3.05, 3.63) is 68.9 Å². The summed E-state index contributed by atoms with van der Waals surface area (Å²) in [5.74, 6) is 1.40. The number of nitrogens with zero attached hydrogens (tertiary/aromatic N) is 1. The number of fused-ring (bicyclic) bond motifs is 1. The van der Waals surface area contributed by atoms with E-state index in [1.165, 1.54) is 11.3 Å². The summed E-state index contributed by atoms with van der Waals surface area (Å²) in [4.78, 5) is 23.2. The topological polar surface area (TPSA) is 55.0 Å². The van der Waals surface area contributed by atoms with E-state index in [9.17, 15) is 4.79 Å². The van der Waals surface area contributed by atoms with Crippen LogP contribution in [0.25, 0.3) is 31.6 Å². The van der Waals surface area contributed by atoms with Crippen molar-refractivity contribution in [1.29, 1.82) is 0 Å². The third kappa shape index (κ3) is 3.58. The largest absolute Gasteiger partial charge is 0.497 e. The Morgan fingerprint density at radius 3 is 2.70 bits per heavy atom. The van der Waals surface area contributed by atoms with Gasteiger partial charge < -0.3 is 9.72 Å². The first-order valence-corrected chi connectivity index (χ1v) is 11.1. The molecule has 0 fully saturated rings. The van der Waals surface area contributed by atoms with Crippen molar-refractivity contribution in [1.82, 2.24) is 9.97 Å². The molecule has 1 N–H and O–H groups in total. The van der Waals surface area contributed by atoms with Gasteiger partial charge in [-0.15, -0.1) is 34.4 Å². The van der Waals surface area contributed by atoms with Crippen LogP contribution in [0.1, 0.15) is 11.4 Å². The quantitative estimate of drug-likeness (QED) is 0.465. The summed E-state index contributed by atoms with van der Waals surface area (Å²) in [7, 11) is 1.65. The van der Waals surface area contributed by atoms with Crippen LogP contribution < -0.4 is 10.3 Å². The lowest BCUT2D eigenvalue weighted by atomic mass is 10.2. The van der Waals surface area contributed by atoms with Crippen molar-refractivity contribution in [2.75, 3.05) is 13.4 Å². The third-order valence-corrected chi connectivity index (χ3v) is 6.62. The molecule has 4 nitrogen and oxygen atoms in total. The first-order valence-electron chi connectivity index (χ1n) is 8.15. The average molecular weight is 413 g/mol. The number of H-pyrrole nitrogens is 1. The van der Waals surface area contributed by atoms with E-state index in [1.54, 1.807) is 30.2 Å². The van der Waals surface area contributed by atoms with Crippen molar-refractivity contribution in [2.45, 2.75) is 0 Å². The number of benzene rings is 1. The number of rotatable bonds is 5. The molecule has 0 saturated heterocycles. The van der Waals surface area contributed by atoms with Crippen LogP contribution in [0.2, 0.25) is 0 Å². The van der Waals surface area contributed by atoms with Gasteiger partial charge >= 0.3 is 0 Å². The summed E-state index contributed by atoms with van der Waals surface area (Å²) in [6, 6.07) is 11.8. The fourth-order valence-electron chi connectivity index (χ4n) is 2.75. The van der Waals surface area contributed by atoms with Crippen LogP contribution in [0, 0.1) is 0 Å². The van der Waals surface area contributed by atoms with Gasteiger partial charge in [0.25, 0.3) is 5.56 Å². The van der Waals surface area contributed by atoms with Crippen molar-refractivity contribution in [3.8, 4) is 16.2 Å². The molecule has 0 spiro atoms. The summed E-state index contributed by atoms with van der Waals surface area (Å²) >= 11 is 4.68. The highest BCUT2D eigenvalue weighted by Gasteiger charge is 2.15. The van der Waals surface area contributed by atoms with Gasteiger partial charge in [-0.3, -0.25) is 4.79 Å². The molecule has 0 radical (unpaired) electrons. The van der Waals surface area contributed by atoms with Gasteiger partial charge in [0.15, 0.2) is 0 Å². The minimum atomic E-state index is -0.102. The standard InChI is InChI=1S/C20H16N2O2S3/c1-24-13-7-5-12(6-8-13)10-16(25-2)18-21-19(23)17-14(11-27-20(17)22-18)15-4-3-9-26-15/h3-11H,1-2H3,(H,21,22,23)/b16-10-. The molecule has 1 aromatic carbocycles. The van der Waals surface area contributed by atoms with Crippen LogP contribution in [0.15, 0.2) is 52.0 Å². The van der Waals surface area contributed by atoms with Gasteiger partial charge in [-0.2, -0.15) is 0 Å². The number of ether oxygens (including phenoxy) is 1. The molecule has 3 aromatic heterocycles. The minimum Gasteiger partial charge on any atom is -0.497 e. The van der Waals surface area contributed by atoms with E-state index >= 15 is 0 Å². The van der Waals surface area contributed by atoms with Gasteiger partial charge in [-0.05, 0) is 41.5 Å². The molecule has 0 aliphatic carbocycles. The molecule has 27 heavy (non-hydrogen) atoms. The number of aromatic amines is 1. The number of aromatic nitrogens is 2. The molecule has 3 heterocycles. The van der Waals surface area contributed by atoms with Crippen molar-refractivity contribution >= 4 is 55.6 Å². The smallest absolute Gasteiger partial charge is 0.260 e. The lowest BCUT2D eigenvalue weighted by molar-refractivity contribution is 0.415. The SMILES string of the molecule is COc1ccc(/C=C(\SC)c2nc3scc(-c4cccs4)c3c(=O)[nH]2)cc1. The maximum atomic E-state index is 12.8. The molecule has 0 aliphatic rings. The van der Waals surface area contributed by atoms with Crippen molar-refractivity contribution < 1.29 is 4.74 Å². The molecule has 4 aromatic rings. The number of nitrogens with one attached hydrogen (secondary N) is 1. The van der Waals surface area contributed by atoms with Gasteiger partial charge in [-0.25, -0.2) is 4.98 Å². The Balaban J connectivity index is 1.78. The maximum Gasteiger partial charge on any atom is 0.260 e. The van der Waals surface area contributed by atoms with E-state index in [-0.39, 0.29) is 5.56 Å². The first kappa shape index (κ1) is 18.0. The second-order valence-electron chi connectivity index (χ2n) is 5.71. The molecule has 136 valence electrons. The predicted octanol–water partition coefficient (Wildman–Crippen LogP) is 5.58. The average Bonchev–Trinajstić information content (AvgIpc) is 3.36. The van der Waals surface area contributed by atoms with Crippen molar-refractivity contribution in [3.63, 3.8) is 0 Å². The Hall–Kier alpha value is -2.35. The van der Waals surface area contributed by atoms with Crippen LogP contribution in [0.4, 0.5) is 0 Å². The molecule has 0 atom stereocenters. The van der Waals surface area contributed by atoms with E-state index in [1.807, 2.05) is 59.5 Å². The van der Waals surface area contributed by atoms with Crippen LogP contribution in [0.3, 0.4) is 0 Å². The Morgan fingerprint density at radius 1 is 1.22 bits per heavy atom.